The molecule has 2 aromatic carbocycles. The minimum atomic E-state index is -0.319. The summed E-state index contributed by atoms with van der Waals surface area (Å²) in [6.45, 7) is 1.89. The van der Waals surface area contributed by atoms with E-state index in [2.05, 4.69) is 25.4 Å². The van der Waals surface area contributed by atoms with Crippen molar-refractivity contribution >= 4 is 16.9 Å². The van der Waals surface area contributed by atoms with E-state index < -0.39 is 0 Å². The number of para-hydroxylation sites is 2. The molecular weight excluding hydrogens is 373 g/mol. The van der Waals surface area contributed by atoms with Gasteiger partial charge in [0.2, 0.25) is 17.6 Å². The number of carbonyl (C=O) groups is 1. The number of aromatic amines is 1. The number of amides is 1. The number of nitrogens with one attached hydrogen (secondary N) is 2. The Kier molecular flexibility index (Phi) is 5.33. The van der Waals surface area contributed by atoms with Gasteiger partial charge in [-0.3, -0.25) is 4.79 Å². The molecule has 4 rings (SSSR count). The van der Waals surface area contributed by atoms with Crippen molar-refractivity contribution in [2.75, 3.05) is 0 Å². The smallest absolute Gasteiger partial charge is 0.226 e. The SMILES string of the molecule is CC(NC(=O)CCCc1nc(-c2ccc(F)cc2)no1)c1nc2ccccc2[nH]1. The zero-order valence-corrected chi connectivity index (χ0v) is 15.9. The largest absolute Gasteiger partial charge is 0.346 e. The molecule has 8 heteroatoms. The van der Waals surface area contributed by atoms with Gasteiger partial charge in [0.15, 0.2) is 0 Å². The maximum atomic E-state index is 13.0. The summed E-state index contributed by atoms with van der Waals surface area (Å²) in [6.07, 6.45) is 1.39. The lowest BCUT2D eigenvalue weighted by molar-refractivity contribution is -0.121. The van der Waals surface area contributed by atoms with Gasteiger partial charge in [0.1, 0.15) is 11.6 Å². The number of aromatic nitrogens is 4. The molecule has 4 aromatic rings. The van der Waals surface area contributed by atoms with Crippen molar-refractivity contribution in [3.8, 4) is 11.4 Å². The Morgan fingerprint density at radius 2 is 1.97 bits per heavy atom. The number of halogens is 1. The van der Waals surface area contributed by atoms with Gasteiger partial charge >= 0.3 is 0 Å². The highest BCUT2D eigenvalue weighted by atomic mass is 19.1. The van der Waals surface area contributed by atoms with E-state index in [1.807, 2.05) is 31.2 Å². The van der Waals surface area contributed by atoms with Crippen molar-refractivity contribution in [2.24, 2.45) is 0 Å². The van der Waals surface area contributed by atoms with Crippen molar-refractivity contribution in [1.82, 2.24) is 25.4 Å². The molecule has 0 saturated heterocycles. The van der Waals surface area contributed by atoms with E-state index in [1.54, 1.807) is 12.1 Å². The molecule has 0 aliphatic heterocycles. The molecule has 148 valence electrons. The van der Waals surface area contributed by atoms with E-state index in [9.17, 15) is 9.18 Å². The van der Waals surface area contributed by atoms with Crippen LogP contribution in [0.1, 0.15) is 37.5 Å². The van der Waals surface area contributed by atoms with E-state index >= 15 is 0 Å². The molecule has 0 saturated carbocycles. The van der Waals surface area contributed by atoms with Crippen molar-refractivity contribution in [2.45, 2.75) is 32.2 Å². The van der Waals surface area contributed by atoms with Crippen LogP contribution in [0.5, 0.6) is 0 Å². The zero-order valence-electron chi connectivity index (χ0n) is 15.9. The molecule has 1 atom stereocenters. The van der Waals surface area contributed by atoms with Gasteiger partial charge in [0, 0.05) is 18.4 Å². The Balaban J connectivity index is 1.27. The number of carbonyl (C=O) groups excluding carboxylic acids is 1. The minimum absolute atomic E-state index is 0.0729. The number of imidazole rings is 1. The van der Waals surface area contributed by atoms with Gasteiger partial charge in [0.25, 0.3) is 0 Å². The number of H-pyrrole nitrogens is 1. The molecule has 1 unspecified atom stereocenters. The number of fused-ring (bicyclic) bond motifs is 1. The third-order valence-electron chi connectivity index (χ3n) is 4.56. The van der Waals surface area contributed by atoms with E-state index in [4.69, 9.17) is 4.52 Å². The number of nitrogens with zero attached hydrogens (tertiary/aromatic N) is 3. The Bertz CT molecular complexity index is 1090. The summed E-state index contributed by atoms with van der Waals surface area (Å²) in [5.41, 5.74) is 2.49. The first-order chi connectivity index (χ1) is 14.1. The average molecular weight is 393 g/mol. The number of benzene rings is 2. The topological polar surface area (TPSA) is 96.7 Å². The van der Waals surface area contributed by atoms with Crippen molar-refractivity contribution in [3.63, 3.8) is 0 Å². The second-order valence-corrected chi connectivity index (χ2v) is 6.80. The lowest BCUT2D eigenvalue weighted by atomic mass is 10.2. The molecule has 0 spiro atoms. The van der Waals surface area contributed by atoms with Crippen LogP contribution < -0.4 is 5.32 Å². The van der Waals surface area contributed by atoms with Crippen molar-refractivity contribution in [3.05, 3.63) is 66.1 Å². The van der Waals surface area contributed by atoms with Crippen molar-refractivity contribution in [1.29, 1.82) is 0 Å². The van der Waals surface area contributed by atoms with Crippen LogP contribution in [0.2, 0.25) is 0 Å². The van der Waals surface area contributed by atoms with Crippen LogP contribution in [0, 0.1) is 5.82 Å². The summed E-state index contributed by atoms with van der Waals surface area (Å²) in [4.78, 5) is 24.3. The van der Waals surface area contributed by atoms with Gasteiger partial charge in [-0.1, -0.05) is 17.3 Å². The standard InChI is InChI=1S/C21H20FN5O2/c1-13(20-24-16-5-2-3-6-17(16)25-20)23-18(28)7-4-8-19-26-21(27-29-19)14-9-11-15(22)12-10-14/h2-3,5-6,9-13H,4,7-8H2,1H3,(H,23,28)(H,24,25). The van der Waals surface area contributed by atoms with Gasteiger partial charge in [-0.15, -0.1) is 0 Å². The molecule has 29 heavy (non-hydrogen) atoms. The number of rotatable bonds is 7. The molecule has 0 radical (unpaired) electrons. The second-order valence-electron chi connectivity index (χ2n) is 6.80. The number of hydrogen-bond donors (Lipinski definition) is 2. The summed E-state index contributed by atoms with van der Waals surface area (Å²) in [6, 6.07) is 13.4. The predicted octanol–water partition coefficient (Wildman–Crippen LogP) is 3.95. The highest BCUT2D eigenvalue weighted by Crippen LogP contribution is 2.18. The van der Waals surface area contributed by atoms with Crippen LogP contribution in [-0.4, -0.2) is 26.0 Å². The quantitative estimate of drug-likeness (QED) is 0.495. The molecule has 2 N–H and O–H groups in total. The normalized spacial score (nSPS) is 12.2. The Morgan fingerprint density at radius 3 is 2.76 bits per heavy atom. The van der Waals surface area contributed by atoms with Crippen molar-refractivity contribution < 1.29 is 13.7 Å². The second kappa shape index (κ2) is 8.22. The monoisotopic (exact) mass is 393 g/mol. The van der Waals surface area contributed by atoms with Gasteiger partial charge in [-0.05, 0) is 49.7 Å². The van der Waals surface area contributed by atoms with Crippen LogP contribution in [0.15, 0.2) is 53.1 Å². The molecule has 0 bridgehead atoms. The maximum absolute atomic E-state index is 13.0. The molecule has 0 aliphatic rings. The van der Waals surface area contributed by atoms with Crippen LogP contribution >= 0.6 is 0 Å². The summed E-state index contributed by atoms with van der Waals surface area (Å²) in [5.74, 6) is 1.18. The van der Waals surface area contributed by atoms with Crippen LogP contribution in [-0.2, 0) is 11.2 Å². The molecule has 7 nitrogen and oxygen atoms in total. The van der Waals surface area contributed by atoms with Crippen LogP contribution in [0.3, 0.4) is 0 Å². The van der Waals surface area contributed by atoms with Gasteiger partial charge < -0.3 is 14.8 Å². The average Bonchev–Trinajstić information content (AvgIpc) is 3.35. The molecule has 0 aliphatic carbocycles. The predicted molar refractivity (Wildman–Crippen MR) is 105 cm³/mol. The van der Waals surface area contributed by atoms with Gasteiger partial charge in [0.05, 0.1) is 17.1 Å². The first-order valence-electron chi connectivity index (χ1n) is 9.41. The minimum Gasteiger partial charge on any atom is -0.346 e. The van der Waals surface area contributed by atoms with E-state index in [-0.39, 0.29) is 17.8 Å². The van der Waals surface area contributed by atoms with Crippen LogP contribution in [0.4, 0.5) is 4.39 Å². The molecule has 2 heterocycles. The van der Waals surface area contributed by atoms with Gasteiger partial charge in [-0.2, -0.15) is 4.98 Å². The first-order valence-corrected chi connectivity index (χ1v) is 9.41. The molecule has 0 fully saturated rings. The fraction of sp³-hybridized carbons (Fsp3) is 0.238. The van der Waals surface area contributed by atoms with Crippen LogP contribution in [0.25, 0.3) is 22.4 Å². The number of hydrogen-bond acceptors (Lipinski definition) is 5. The highest BCUT2D eigenvalue weighted by molar-refractivity contribution is 5.77. The maximum Gasteiger partial charge on any atom is 0.226 e. The Morgan fingerprint density at radius 1 is 1.17 bits per heavy atom. The molecule has 1 amide bonds. The molecule has 2 aromatic heterocycles. The Hall–Kier alpha value is -3.55. The number of aryl methyl sites for hydroxylation is 1. The van der Waals surface area contributed by atoms with E-state index in [0.717, 1.165) is 16.9 Å². The highest BCUT2D eigenvalue weighted by Gasteiger charge is 2.14. The third-order valence-corrected chi connectivity index (χ3v) is 4.56. The summed E-state index contributed by atoms with van der Waals surface area (Å²) in [5, 5.41) is 6.85. The van der Waals surface area contributed by atoms with Gasteiger partial charge in [-0.25, -0.2) is 9.37 Å². The fourth-order valence-corrected chi connectivity index (χ4v) is 3.03. The summed E-state index contributed by atoms with van der Waals surface area (Å²) >= 11 is 0. The summed E-state index contributed by atoms with van der Waals surface area (Å²) in [7, 11) is 0. The summed E-state index contributed by atoms with van der Waals surface area (Å²) < 4.78 is 18.2. The molecular formula is C21H20FN5O2. The lowest BCUT2D eigenvalue weighted by Crippen LogP contribution is -2.27. The zero-order chi connectivity index (χ0) is 20.2. The van der Waals surface area contributed by atoms with E-state index in [0.29, 0.717) is 36.5 Å². The first kappa shape index (κ1) is 18.8. The lowest BCUT2D eigenvalue weighted by Gasteiger charge is -2.11. The van der Waals surface area contributed by atoms with E-state index in [1.165, 1.54) is 12.1 Å². The Labute approximate surface area is 166 Å². The fourth-order valence-electron chi connectivity index (χ4n) is 3.03. The third kappa shape index (κ3) is 4.48.